The van der Waals surface area contributed by atoms with Gasteiger partial charge in [-0.1, -0.05) is 19.9 Å². The highest BCUT2D eigenvalue weighted by molar-refractivity contribution is 5.55. The van der Waals surface area contributed by atoms with E-state index in [4.69, 9.17) is 14.2 Å². The molecule has 1 aromatic rings. The van der Waals surface area contributed by atoms with E-state index in [-0.39, 0.29) is 5.92 Å². The first-order valence-corrected chi connectivity index (χ1v) is 7.36. The van der Waals surface area contributed by atoms with E-state index in [1.807, 2.05) is 18.2 Å². The quantitative estimate of drug-likeness (QED) is 0.491. The van der Waals surface area contributed by atoms with E-state index in [1.165, 1.54) is 0 Å². The predicted octanol–water partition coefficient (Wildman–Crippen LogP) is 3.12. The standard InChI is InChI=1S/C17H26O4/c1-13(2)15(12-18)10-14-6-7-16(20-4)17(11-14)21-9-5-8-19-3/h6-7,11-13,15H,5,8-10H2,1-4H3/t15-/m0/s1. The molecular weight excluding hydrogens is 268 g/mol. The first-order valence-electron chi connectivity index (χ1n) is 7.36. The molecule has 0 spiro atoms. The smallest absolute Gasteiger partial charge is 0.161 e. The Balaban J connectivity index is 2.76. The van der Waals surface area contributed by atoms with Gasteiger partial charge < -0.3 is 19.0 Å². The van der Waals surface area contributed by atoms with Gasteiger partial charge in [0.25, 0.3) is 0 Å². The Morgan fingerprint density at radius 2 is 1.90 bits per heavy atom. The average Bonchev–Trinajstić information content (AvgIpc) is 2.49. The van der Waals surface area contributed by atoms with Crippen molar-refractivity contribution in [1.29, 1.82) is 0 Å². The fourth-order valence-electron chi connectivity index (χ4n) is 2.06. The van der Waals surface area contributed by atoms with Crippen molar-refractivity contribution >= 4 is 6.29 Å². The van der Waals surface area contributed by atoms with Gasteiger partial charge in [0, 0.05) is 26.1 Å². The van der Waals surface area contributed by atoms with E-state index in [2.05, 4.69) is 13.8 Å². The lowest BCUT2D eigenvalue weighted by atomic mass is 9.90. The maximum atomic E-state index is 11.1. The summed E-state index contributed by atoms with van der Waals surface area (Å²) in [6.07, 6.45) is 2.58. The molecule has 0 bridgehead atoms. The van der Waals surface area contributed by atoms with Crippen LogP contribution in [0, 0.1) is 11.8 Å². The summed E-state index contributed by atoms with van der Waals surface area (Å²) >= 11 is 0. The van der Waals surface area contributed by atoms with Crippen LogP contribution < -0.4 is 9.47 Å². The van der Waals surface area contributed by atoms with Gasteiger partial charge in [0.15, 0.2) is 11.5 Å². The molecule has 0 aliphatic rings. The fraction of sp³-hybridized carbons (Fsp3) is 0.588. The van der Waals surface area contributed by atoms with Crippen LogP contribution in [0.25, 0.3) is 0 Å². The summed E-state index contributed by atoms with van der Waals surface area (Å²) in [6.45, 7) is 5.37. The topological polar surface area (TPSA) is 44.8 Å². The molecule has 0 unspecified atom stereocenters. The van der Waals surface area contributed by atoms with Gasteiger partial charge in [-0.2, -0.15) is 0 Å². The van der Waals surface area contributed by atoms with Crippen molar-refractivity contribution in [2.75, 3.05) is 27.4 Å². The van der Waals surface area contributed by atoms with Crippen LogP contribution in [-0.2, 0) is 16.0 Å². The predicted molar refractivity (Wildman–Crippen MR) is 83.1 cm³/mol. The third kappa shape index (κ3) is 5.76. The van der Waals surface area contributed by atoms with Crippen molar-refractivity contribution < 1.29 is 19.0 Å². The summed E-state index contributed by atoms with van der Waals surface area (Å²) in [5, 5.41) is 0. The second-order valence-electron chi connectivity index (χ2n) is 5.43. The maximum absolute atomic E-state index is 11.1. The van der Waals surface area contributed by atoms with Crippen LogP contribution >= 0.6 is 0 Å². The minimum absolute atomic E-state index is 0.0275. The zero-order chi connectivity index (χ0) is 15.7. The monoisotopic (exact) mass is 294 g/mol. The minimum Gasteiger partial charge on any atom is -0.493 e. The van der Waals surface area contributed by atoms with E-state index < -0.39 is 0 Å². The molecule has 118 valence electrons. The highest BCUT2D eigenvalue weighted by Gasteiger charge is 2.14. The number of carbonyl (C=O) groups is 1. The Morgan fingerprint density at radius 1 is 1.14 bits per heavy atom. The molecule has 0 saturated carbocycles. The van der Waals surface area contributed by atoms with E-state index in [0.717, 1.165) is 30.4 Å². The molecule has 0 N–H and O–H groups in total. The zero-order valence-corrected chi connectivity index (χ0v) is 13.4. The number of carbonyl (C=O) groups excluding carboxylic acids is 1. The van der Waals surface area contributed by atoms with Crippen LogP contribution in [0.1, 0.15) is 25.8 Å². The summed E-state index contributed by atoms with van der Waals surface area (Å²) in [4.78, 5) is 11.1. The lowest BCUT2D eigenvalue weighted by Gasteiger charge is -2.16. The Kier molecular flexibility index (Phi) is 7.83. The van der Waals surface area contributed by atoms with Gasteiger partial charge in [0.1, 0.15) is 6.29 Å². The summed E-state index contributed by atoms with van der Waals surface area (Å²) in [5.41, 5.74) is 1.09. The van der Waals surface area contributed by atoms with Crippen LogP contribution in [0.4, 0.5) is 0 Å². The summed E-state index contributed by atoms with van der Waals surface area (Å²) in [7, 11) is 3.30. The molecule has 4 heteroatoms. The normalized spacial score (nSPS) is 12.2. The number of ether oxygens (including phenoxy) is 3. The molecule has 1 aromatic carbocycles. The maximum Gasteiger partial charge on any atom is 0.161 e. The van der Waals surface area contributed by atoms with Crippen molar-refractivity contribution in [3.05, 3.63) is 23.8 Å². The largest absolute Gasteiger partial charge is 0.493 e. The second kappa shape index (κ2) is 9.40. The Bertz CT molecular complexity index is 429. The van der Waals surface area contributed by atoms with Gasteiger partial charge in [-0.05, 0) is 30.0 Å². The molecule has 4 nitrogen and oxygen atoms in total. The number of hydrogen-bond donors (Lipinski definition) is 0. The van der Waals surface area contributed by atoms with Crippen LogP contribution in [0.5, 0.6) is 11.5 Å². The van der Waals surface area contributed by atoms with Crippen molar-refractivity contribution in [2.45, 2.75) is 26.7 Å². The molecule has 0 amide bonds. The van der Waals surface area contributed by atoms with Crippen LogP contribution in [-0.4, -0.2) is 33.7 Å². The number of methoxy groups -OCH3 is 2. The zero-order valence-electron chi connectivity index (χ0n) is 13.4. The van der Waals surface area contributed by atoms with Crippen molar-refractivity contribution in [3.8, 4) is 11.5 Å². The SMILES string of the molecule is COCCCOc1cc(C[C@@H](C=O)C(C)C)ccc1OC. The summed E-state index contributed by atoms with van der Waals surface area (Å²) in [6, 6.07) is 5.84. The molecule has 0 aliphatic heterocycles. The molecule has 0 aliphatic carbocycles. The Hall–Kier alpha value is -1.55. The number of benzene rings is 1. The van der Waals surface area contributed by atoms with Gasteiger partial charge in [0.05, 0.1) is 13.7 Å². The van der Waals surface area contributed by atoms with Gasteiger partial charge in [0.2, 0.25) is 0 Å². The molecule has 0 saturated heterocycles. The van der Waals surface area contributed by atoms with Crippen LogP contribution in [0.2, 0.25) is 0 Å². The fourth-order valence-corrected chi connectivity index (χ4v) is 2.06. The van der Waals surface area contributed by atoms with Gasteiger partial charge in [-0.15, -0.1) is 0 Å². The van der Waals surface area contributed by atoms with E-state index in [0.29, 0.717) is 24.9 Å². The Morgan fingerprint density at radius 3 is 2.48 bits per heavy atom. The first kappa shape index (κ1) is 17.5. The van der Waals surface area contributed by atoms with E-state index in [9.17, 15) is 4.79 Å². The molecule has 0 heterocycles. The second-order valence-corrected chi connectivity index (χ2v) is 5.43. The molecule has 0 fully saturated rings. The van der Waals surface area contributed by atoms with Crippen LogP contribution in [0.3, 0.4) is 0 Å². The molecule has 0 radical (unpaired) electrons. The average molecular weight is 294 g/mol. The van der Waals surface area contributed by atoms with Gasteiger partial charge >= 0.3 is 0 Å². The molecular formula is C17H26O4. The van der Waals surface area contributed by atoms with Crippen molar-refractivity contribution in [1.82, 2.24) is 0 Å². The third-order valence-electron chi connectivity index (χ3n) is 3.48. The highest BCUT2D eigenvalue weighted by Crippen LogP contribution is 2.29. The lowest BCUT2D eigenvalue weighted by molar-refractivity contribution is -0.112. The lowest BCUT2D eigenvalue weighted by Crippen LogP contribution is -2.13. The number of hydrogen-bond acceptors (Lipinski definition) is 4. The van der Waals surface area contributed by atoms with E-state index >= 15 is 0 Å². The molecule has 21 heavy (non-hydrogen) atoms. The van der Waals surface area contributed by atoms with Gasteiger partial charge in [-0.3, -0.25) is 0 Å². The first-order chi connectivity index (χ1) is 10.1. The molecule has 1 atom stereocenters. The van der Waals surface area contributed by atoms with E-state index in [1.54, 1.807) is 14.2 Å². The van der Waals surface area contributed by atoms with Crippen LogP contribution in [0.15, 0.2) is 18.2 Å². The summed E-state index contributed by atoms with van der Waals surface area (Å²) < 4.78 is 16.1. The number of rotatable bonds is 10. The number of aldehydes is 1. The Labute approximate surface area is 127 Å². The van der Waals surface area contributed by atoms with Crippen molar-refractivity contribution in [2.24, 2.45) is 11.8 Å². The molecule has 1 rings (SSSR count). The van der Waals surface area contributed by atoms with Crippen molar-refractivity contribution in [3.63, 3.8) is 0 Å². The third-order valence-corrected chi connectivity index (χ3v) is 3.48. The minimum atomic E-state index is 0.0275. The van der Waals surface area contributed by atoms with Gasteiger partial charge in [-0.25, -0.2) is 0 Å². The molecule has 0 aromatic heterocycles. The highest BCUT2D eigenvalue weighted by atomic mass is 16.5. The summed E-state index contributed by atoms with van der Waals surface area (Å²) in [5.74, 6) is 1.79.